The zero-order chi connectivity index (χ0) is 15.2. The van der Waals surface area contributed by atoms with E-state index >= 15 is 0 Å². The minimum Gasteiger partial charge on any atom is -0.478 e. The Morgan fingerprint density at radius 1 is 1.30 bits per heavy atom. The molecule has 0 heterocycles. The Labute approximate surface area is 120 Å². The summed E-state index contributed by atoms with van der Waals surface area (Å²) in [6.07, 6.45) is 5.02. The van der Waals surface area contributed by atoms with Gasteiger partial charge in [-0.05, 0) is 43.9 Å². The van der Waals surface area contributed by atoms with E-state index in [1.54, 1.807) is 6.92 Å². The number of aryl methyl sites for hydroxylation is 1. The van der Waals surface area contributed by atoms with Crippen LogP contribution in [0.3, 0.4) is 0 Å². The molecule has 0 aliphatic heterocycles. The summed E-state index contributed by atoms with van der Waals surface area (Å²) in [4.78, 5) is 11.0. The van der Waals surface area contributed by atoms with Crippen LogP contribution in [0.25, 0.3) is 0 Å². The van der Waals surface area contributed by atoms with E-state index in [2.05, 4.69) is 6.58 Å². The molecular weight excluding hydrogens is 276 g/mol. The zero-order valence-electron chi connectivity index (χ0n) is 11.6. The number of carboxylic acids is 1. The lowest BCUT2D eigenvalue weighted by Gasteiger charge is -2.08. The van der Waals surface area contributed by atoms with E-state index in [0.717, 1.165) is 19.3 Å². The molecule has 0 aliphatic rings. The third kappa shape index (κ3) is 4.49. The first-order valence-corrected chi connectivity index (χ1v) is 8.21. The molecule has 0 saturated carbocycles. The van der Waals surface area contributed by atoms with Gasteiger partial charge in [-0.2, -0.15) is 0 Å². The monoisotopic (exact) mass is 296 g/mol. The Bertz CT molecular complexity index is 588. The molecule has 0 unspecified atom stereocenters. The van der Waals surface area contributed by atoms with Crippen LogP contribution in [-0.2, 0) is 9.84 Å². The van der Waals surface area contributed by atoms with Crippen molar-refractivity contribution in [2.24, 2.45) is 0 Å². The SMILES string of the molecule is C=CCCCCCS(=O)(=O)c1cc(C(=O)O)ccc1C. The molecule has 0 fully saturated rings. The molecular formula is C15H20O4S. The fourth-order valence-electron chi connectivity index (χ4n) is 1.94. The van der Waals surface area contributed by atoms with Gasteiger partial charge in [-0.3, -0.25) is 0 Å². The lowest BCUT2D eigenvalue weighted by molar-refractivity contribution is 0.0696. The van der Waals surface area contributed by atoms with Gasteiger partial charge < -0.3 is 5.11 Å². The molecule has 0 aliphatic carbocycles. The Morgan fingerprint density at radius 2 is 2.00 bits per heavy atom. The van der Waals surface area contributed by atoms with Gasteiger partial charge in [0, 0.05) is 0 Å². The molecule has 110 valence electrons. The number of carboxylic acid groups (broad SMARTS) is 1. The smallest absolute Gasteiger partial charge is 0.335 e. The highest BCUT2D eigenvalue weighted by atomic mass is 32.2. The Morgan fingerprint density at radius 3 is 2.60 bits per heavy atom. The third-order valence-corrected chi connectivity index (χ3v) is 5.03. The number of benzene rings is 1. The summed E-state index contributed by atoms with van der Waals surface area (Å²) >= 11 is 0. The molecule has 20 heavy (non-hydrogen) atoms. The van der Waals surface area contributed by atoms with Gasteiger partial charge >= 0.3 is 5.97 Å². The van der Waals surface area contributed by atoms with Gasteiger partial charge in [0.1, 0.15) is 0 Å². The van der Waals surface area contributed by atoms with E-state index in [1.165, 1.54) is 18.2 Å². The van der Waals surface area contributed by atoms with Gasteiger partial charge in [0.25, 0.3) is 0 Å². The lowest BCUT2D eigenvalue weighted by Crippen LogP contribution is -2.10. The maximum Gasteiger partial charge on any atom is 0.335 e. The number of rotatable bonds is 8. The molecule has 0 radical (unpaired) electrons. The molecule has 0 spiro atoms. The van der Waals surface area contributed by atoms with Crippen molar-refractivity contribution in [2.45, 2.75) is 37.5 Å². The number of carbonyl (C=O) groups is 1. The molecule has 0 aromatic heterocycles. The second-order valence-electron chi connectivity index (χ2n) is 4.74. The van der Waals surface area contributed by atoms with Gasteiger partial charge in [0.2, 0.25) is 0 Å². The van der Waals surface area contributed by atoms with Crippen molar-refractivity contribution in [3.05, 3.63) is 42.0 Å². The van der Waals surface area contributed by atoms with Gasteiger partial charge in [-0.1, -0.05) is 18.6 Å². The van der Waals surface area contributed by atoms with Crippen molar-refractivity contribution in [1.29, 1.82) is 0 Å². The minimum atomic E-state index is -3.42. The van der Waals surface area contributed by atoms with Crippen LogP contribution < -0.4 is 0 Å². The number of allylic oxidation sites excluding steroid dienone is 1. The molecule has 5 heteroatoms. The minimum absolute atomic E-state index is 0.000771. The molecule has 1 N–H and O–H groups in total. The van der Waals surface area contributed by atoms with Crippen molar-refractivity contribution >= 4 is 15.8 Å². The van der Waals surface area contributed by atoms with Gasteiger partial charge in [-0.25, -0.2) is 13.2 Å². The van der Waals surface area contributed by atoms with Crippen LogP contribution in [-0.4, -0.2) is 25.2 Å². The molecule has 1 aromatic rings. The maximum absolute atomic E-state index is 12.2. The van der Waals surface area contributed by atoms with Crippen molar-refractivity contribution < 1.29 is 18.3 Å². The second-order valence-corrected chi connectivity index (χ2v) is 6.82. The first kappa shape index (κ1) is 16.4. The highest BCUT2D eigenvalue weighted by Crippen LogP contribution is 2.20. The maximum atomic E-state index is 12.2. The third-order valence-electron chi connectivity index (χ3n) is 3.09. The molecule has 1 rings (SSSR count). The van der Waals surface area contributed by atoms with Crippen molar-refractivity contribution in [3.63, 3.8) is 0 Å². The predicted octanol–water partition coefficient (Wildman–Crippen LogP) is 3.21. The highest BCUT2D eigenvalue weighted by molar-refractivity contribution is 7.91. The number of sulfone groups is 1. The van der Waals surface area contributed by atoms with Crippen LogP contribution in [0, 0.1) is 6.92 Å². The largest absolute Gasteiger partial charge is 0.478 e. The summed E-state index contributed by atoms with van der Waals surface area (Å²) in [6.45, 7) is 5.30. The topological polar surface area (TPSA) is 71.4 Å². The number of hydrogen-bond acceptors (Lipinski definition) is 3. The van der Waals surface area contributed by atoms with E-state index in [9.17, 15) is 13.2 Å². The fraction of sp³-hybridized carbons (Fsp3) is 0.400. The van der Waals surface area contributed by atoms with Crippen LogP contribution in [0.4, 0.5) is 0 Å². The standard InChI is InChI=1S/C15H20O4S/c1-3-4-5-6-7-10-20(18,19)14-11-13(15(16)17)9-8-12(14)2/h3,8-9,11H,1,4-7,10H2,2H3,(H,16,17). The van der Waals surface area contributed by atoms with Gasteiger partial charge in [0.15, 0.2) is 9.84 Å². The first-order valence-electron chi connectivity index (χ1n) is 6.56. The van der Waals surface area contributed by atoms with Crippen molar-refractivity contribution in [3.8, 4) is 0 Å². The van der Waals surface area contributed by atoms with E-state index in [1.807, 2.05) is 6.08 Å². The molecule has 0 saturated heterocycles. The number of hydrogen-bond donors (Lipinski definition) is 1. The number of aromatic carboxylic acids is 1. The van der Waals surface area contributed by atoms with E-state index in [0.29, 0.717) is 12.0 Å². The van der Waals surface area contributed by atoms with Gasteiger partial charge in [-0.15, -0.1) is 6.58 Å². The normalized spacial score (nSPS) is 11.2. The summed E-state index contributed by atoms with van der Waals surface area (Å²) in [5, 5.41) is 8.93. The summed E-state index contributed by atoms with van der Waals surface area (Å²) in [6, 6.07) is 4.20. The quantitative estimate of drug-likeness (QED) is 0.590. The Kier molecular flexibility index (Phi) is 5.95. The summed E-state index contributed by atoms with van der Waals surface area (Å²) in [7, 11) is -3.42. The van der Waals surface area contributed by atoms with Crippen LogP contribution in [0.15, 0.2) is 35.7 Å². The predicted molar refractivity (Wildman–Crippen MR) is 78.9 cm³/mol. The van der Waals surface area contributed by atoms with E-state index < -0.39 is 15.8 Å². The van der Waals surface area contributed by atoms with Crippen molar-refractivity contribution in [2.75, 3.05) is 5.75 Å². The van der Waals surface area contributed by atoms with Gasteiger partial charge in [0.05, 0.1) is 16.2 Å². The van der Waals surface area contributed by atoms with Crippen LogP contribution in [0.2, 0.25) is 0 Å². The summed E-state index contributed by atoms with van der Waals surface area (Å²) < 4.78 is 24.5. The van der Waals surface area contributed by atoms with E-state index in [-0.39, 0.29) is 16.2 Å². The highest BCUT2D eigenvalue weighted by Gasteiger charge is 2.18. The average molecular weight is 296 g/mol. The molecule has 1 aromatic carbocycles. The van der Waals surface area contributed by atoms with E-state index in [4.69, 9.17) is 5.11 Å². The summed E-state index contributed by atoms with van der Waals surface area (Å²) in [5.41, 5.74) is 0.585. The Balaban J connectivity index is 2.83. The summed E-state index contributed by atoms with van der Waals surface area (Å²) in [5.74, 6) is -1.07. The second kappa shape index (κ2) is 7.24. The van der Waals surface area contributed by atoms with Crippen LogP contribution >= 0.6 is 0 Å². The molecule has 0 amide bonds. The average Bonchev–Trinajstić information content (AvgIpc) is 2.38. The van der Waals surface area contributed by atoms with Crippen LogP contribution in [0.1, 0.15) is 41.6 Å². The molecule has 0 atom stereocenters. The number of unbranched alkanes of at least 4 members (excludes halogenated alkanes) is 3. The molecule has 4 nitrogen and oxygen atoms in total. The first-order chi connectivity index (χ1) is 9.38. The van der Waals surface area contributed by atoms with Crippen molar-refractivity contribution in [1.82, 2.24) is 0 Å². The Hall–Kier alpha value is -1.62. The molecule has 0 bridgehead atoms. The fourth-order valence-corrected chi connectivity index (χ4v) is 3.60. The lowest BCUT2D eigenvalue weighted by atomic mass is 10.1. The zero-order valence-corrected chi connectivity index (χ0v) is 12.4. The van der Waals surface area contributed by atoms with Crippen LogP contribution in [0.5, 0.6) is 0 Å².